The van der Waals surface area contributed by atoms with Crippen LogP contribution >= 0.6 is 11.3 Å². The Hall–Kier alpha value is -8.44. The van der Waals surface area contributed by atoms with Gasteiger partial charge in [0.2, 0.25) is 0 Å². The van der Waals surface area contributed by atoms with Crippen molar-refractivity contribution in [2.45, 2.75) is 5.41 Å². The average molecular weight is 871 g/mol. The normalized spacial score (nSPS) is 14.7. The highest BCUT2D eigenvalue weighted by Crippen LogP contribution is 2.62. The highest BCUT2D eigenvalue weighted by Gasteiger charge is 2.49. The van der Waals surface area contributed by atoms with Gasteiger partial charge in [-0.3, -0.25) is 0 Å². The van der Waals surface area contributed by atoms with Gasteiger partial charge in [0.05, 0.1) is 27.8 Å². The van der Waals surface area contributed by atoms with Crippen molar-refractivity contribution >= 4 is 91.9 Å². The lowest BCUT2D eigenvalue weighted by Crippen LogP contribution is -2.36. The second kappa shape index (κ2) is 13.8. The Balaban J connectivity index is 1.03. The van der Waals surface area contributed by atoms with Crippen LogP contribution < -0.4 is 9.64 Å². The number of para-hydroxylation sites is 2. The molecule has 0 saturated heterocycles. The minimum atomic E-state index is -0.625. The van der Waals surface area contributed by atoms with Crippen LogP contribution in [-0.4, -0.2) is 4.57 Å². The maximum atomic E-state index is 7.21. The molecule has 1 spiro atoms. The Morgan fingerprint density at radius 1 is 0.388 bits per heavy atom. The predicted molar refractivity (Wildman–Crippen MR) is 281 cm³/mol. The fraction of sp³-hybridized carbons (Fsp3) is 0.0159. The zero-order chi connectivity index (χ0) is 43.8. The summed E-state index contributed by atoms with van der Waals surface area (Å²) in [5, 5.41) is 9.90. The van der Waals surface area contributed by atoms with Crippen molar-refractivity contribution in [2.75, 3.05) is 4.90 Å². The minimum Gasteiger partial charge on any atom is -0.457 e. The summed E-state index contributed by atoms with van der Waals surface area (Å²) in [5.74, 6) is 1.72. The Morgan fingerprint density at radius 3 is 1.96 bits per heavy atom. The van der Waals surface area contributed by atoms with Crippen LogP contribution in [0, 0.1) is 0 Å². The van der Waals surface area contributed by atoms with Gasteiger partial charge in [0, 0.05) is 64.9 Å². The number of fused-ring (bicyclic) bond motifs is 15. The van der Waals surface area contributed by atoms with E-state index in [1.54, 1.807) is 0 Å². The first-order valence-electron chi connectivity index (χ1n) is 23.0. The zero-order valence-electron chi connectivity index (χ0n) is 36.2. The Kier molecular flexibility index (Phi) is 7.58. The molecule has 2 aliphatic rings. The third-order valence-corrected chi connectivity index (χ3v) is 15.7. The lowest BCUT2D eigenvalue weighted by atomic mass is 9.58. The largest absolute Gasteiger partial charge is 0.457 e. The zero-order valence-corrected chi connectivity index (χ0v) is 37.0. The first-order chi connectivity index (χ1) is 33.2. The quantitative estimate of drug-likeness (QED) is 0.175. The highest BCUT2D eigenvalue weighted by molar-refractivity contribution is 7.26. The van der Waals surface area contributed by atoms with Crippen LogP contribution in [0.3, 0.4) is 0 Å². The topological polar surface area (TPSA) is 17.4 Å². The average Bonchev–Trinajstić information content (AvgIpc) is 3.93. The van der Waals surface area contributed by atoms with Crippen molar-refractivity contribution in [3.8, 4) is 28.3 Å². The highest BCUT2D eigenvalue weighted by atomic mass is 32.1. The Morgan fingerprint density at radius 2 is 1.01 bits per heavy atom. The summed E-state index contributed by atoms with van der Waals surface area (Å²) in [4.78, 5) is 2.47. The molecule has 67 heavy (non-hydrogen) atoms. The number of hydrogen-bond donors (Lipinski definition) is 0. The van der Waals surface area contributed by atoms with E-state index in [1.165, 1.54) is 80.3 Å². The molecule has 4 heteroatoms. The maximum absolute atomic E-state index is 7.21. The van der Waals surface area contributed by atoms with Gasteiger partial charge in [-0.05, 0) is 93.0 Å². The number of anilines is 3. The first-order valence-corrected chi connectivity index (χ1v) is 23.8. The lowest BCUT2D eigenvalue weighted by molar-refractivity contribution is 0.435. The van der Waals surface area contributed by atoms with Crippen molar-refractivity contribution in [1.29, 1.82) is 0 Å². The number of nitrogens with zero attached hydrogens (tertiary/aromatic N) is 2. The number of ether oxygens (including phenoxy) is 1. The predicted octanol–water partition coefficient (Wildman–Crippen LogP) is 17.4. The van der Waals surface area contributed by atoms with Gasteiger partial charge < -0.3 is 14.2 Å². The summed E-state index contributed by atoms with van der Waals surface area (Å²) in [6.45, 7) is 0. The molecule has 13 aromatic rings. The van der Waals surface area contributed by atoms with Gasteiger partial charge in [-0.1, -0.05) is 170 Å². The van der Waals surface area contributed by atoms with Crippen molar-refractivity contribution in [1.82, 2.24) is 4.57 Å². The standard InChI is InChI=1S/C63H38N2OS/c1-2-19-43-39(15-1)16-13-28-53(43)65-54-27-8-4-21-45(54)46-35-33-41(37-56(46)65)64(55-29-14-32-60-62(55)48-22-5-10-31-59(48)67-60)42-34-36-51-58(38-42)66-57-30-9-7-25-50(57)63(51)49-24-6-3-20-44(49)47-23-11-17-40-18-12-26-52(63)61(40)47/h1-38H. The van der Waals surface area contributed by atoms with Crippen molar-refractivity contribution < 1.29 is 4.74 Å². The van der Waals surface area contributed by atoms with E-state index < -0.39 is 5.41 Å². The van der Waals surface area contributed by atoms with E-state index in [0.29, 0.717) is 0 Å². The van der Waals surface area contributed by atoms with Crippen molar-refractivity contribution in [3.63, 3.8) is 0 Å². The molecule has 1 unspecified atom stereocenters. The van der Waals surface area contributed by atoms with Gasteiger partial charge in [-0.25, -0.2) is 0 Å². The van der Waals surface area contributed by atoms with Gasteiger partial charge in [-0.2, -0.15) is 0 Å². The first kappa shape index (κ1) is 36.9. The van der Waals surface area contributed by atoms with Crippen LogP contribution in [0.2, 0.25) is 0 Å². The van der Waals surface area contributed by atoms with Crippen molar-refractivity contribution in [2.24, 2.45) is 0 Å². The van der Waals surface area contributed by atoms with E-state index in [1.807, 2.05) is 11.3 Å². The fourth-order valence-electron chi connectivity index (χ4n) is 12.0. The molecule has 0 bridgehead atoms. The molecule has 0 fully saturated rings. The van der Waals surface area contributed by atoms with Gasteiger partial charge in [-0.15, -0.1) is 11.3 Å². The number of benzene rings is 11. The minimum absolute atomic E-state index is 0.625. The molecule has 0 saturated carbocycles. The van der Waals surface area contributed by atoms with Crippen LogP contribution in [-0.2, 0) is 5.41 Å². The molecule has 15 rings (SSSR count). The van der Waals surface area contributed by atoms with E-state index in [0.717, 1.165) is 50.9 Å². The summed E-state index contributed by atoms with van der Waals surface area (Å²) < 4.78 is 12.2. The monoisotopic (exact) mass is 870 g/mol. The maximum Gasteiger partial charge on any atom is 0.134 e. The van der Waals surface area contributed by atoms with Crippen LogP contribution in [0.1, 0.15) is 22.3 Å². The molecular formula is C63H38N2OS. The SMILES string of the molecule is c1ccc2c(c1)Oc1cc(N(c3ccc4c5ccccc5n(-c5cccc6ccccc56)c4c3)c3cccc4sc5ccccc5c34)ccc1C21c2ccccc2-c2cccc3cccc1c23. The molecule has 3 heterocycles. The molecule has 1 aliphatic heterocycles. The molecule has 1 aliphatic carbocycles. The summed E-state index contributed by atoms with van der Waals surface area (Å²) in [5.41, 5.74) is 13.4. The molecular weight excluding hydrogens is 833 g/mol. The fourth-order valence-corrected chi connectivity index (χ4v) is 13.1. The van der Waals surface area contributed by atoms with E-state index in [2.05, 4.69) is 240 Å². The lowest BCUT2D eigenvalue weighted by Gasteiger charge is -2.45. The van der Waals surface area contributed by atoms with Gasteiger partial charge >= 0.3 is 0 Å². The van der Waals surface area contributed by atoms with Crippen LogP contribution in [0.25, 0.3) is 80.3 Å². The van der Waals surface area contributed by atoms with Crippen LogP contribution in [0.15, 0.2) is 231 Å². The molecule has 3 nitrogen and oxygen atoms in total. The van der Waals surface area contributed by atoms with E-state index in [4.69, 9.17) is 4.74 Å². The molecule has 11 aromatic carbocycles. The van der Waals surface area contributed by atoms with E-state index in [9.17, 15) is 0 Å². The van der Waals surface area contributed by atoms with E-state index in [-0.39, 0.29) is 0 Å². The number of thiophene rings is 1. The number of hydrogen-bond acceptors (Lipinski definition) is 3. The Bertz CT molecular complexity index is 4220. The number of aromatic nitrogens is 1. The third-order valence-electron chi connectivity index (χ3n) is 14.6. The second-order valence-corrected chi connectivity index (χ2v) is 19.0. The second-order valence-electron chi connectivity index (χ2n) is 17.9. The molecule has 0 radical (unpaired) electrons. The van der Waals surface area contributed by atoms with Gasteiger partial charge in [0.1, 0.15) is 11.5 Å². The van der Waals surface area contributed by atoms with Crippen LogP contribution in [0.4, 0.5) is 17.1 Å². The molecule has 312 valence electrons. The smallest absolute Gasteiger partial charge is 0.134 e. The molecule has 1 atom stereocenters. The summed E-state index contributed by atoms with van der Waals surface area (Å²) >= 11 is 1.85. The summed E-state index contributed by atoms with van der Waals surface area (Å²) in [6, 6.07) is 85.0. The Labute approximate surface area is 390 Å². The number of rotatable bonds is 4. The summed E-state index contributed by atoms with van der Waals surface area (Å²) in [6.07, 6.45) is 0. The van der Waals surface area contributed by atoms with Crippen molar-refractivity contribution in [3.05, 3.63) is 253 Å². The van der Waals surface area contributed by atoms with E-state index >= 15 is 0 Å². The van der Waals surface area contributed by atoms with Gasteiger partial charge in [0.15, 0.2) is 0 Å². The van der Waals surface area contributed by atoms with Crippen LogP contribution in [0.5, 0.6) is 11.5 Å². The molecule has 0 amide bonds. The molecule has 2 aromatic heterocycles. The third kappa shape index (κ3) is 5.00. The summed E-state index contributed by atoms with van der Waals surface area (Å²) in [7, 11) is 0. The van der Waals surface area contributed by atoms with Gasteiger partial charge in [0.25, 0.3) is 0 Å². The molecule has 0 N–H and O–H groups in total.